The molecule has 2 aliphatic rings. The van der Waals surface area contributed by atoms with Crippen LogP contribution >= 0.6 is 0 Å². The highest BCUT2D eigenvalue weighted by atomic mass is 19.4. The van der Waals surface area contributed by atoms with E-state index in [4.69, 9.17) is 10.5 Å². The van der Waals surface area contributed by atoms with Crippen molar-refractivity contribution in [1.29, 1.82) is 0 Å². The molecule has 28 heavy (non-hydrogen) atoms. The Morgan fingerprint density at radius 2 is 1.89 bits per heavy atom. The Morgan fingerprint density at radius 1 is 1.18 bits per heavy atom. The lowest BCUT2D eigenvalue weighted by Gasteiger charge is -2.44. The standard InChI is InChI=1S/C19H18F3N3O3/c1-27-11-4-2-10(3-5-11)17-24-18(26)14-9-12(28-19(20,21)22)8-13-15(23)6-7-25(17)16(13)14/h2-5,8-9,15,17H,6-7,23H2,1H3,(H,24,26)/t15-,17-/m0/s1. The monoisotopic (exact) mass is 393 g/mol. The fourth-order valence-electron chi connectivity index (χ4n) is 3.73. The van der Waals surface area contributed by atoms with E-state index in [0.717, 1.165) is 11.6 Å². The minimum atomic E-state index is -4.85. The average molecular weight is 393 g/mol. The Labute approximate surface area is 159 Å². The van der Waals surface area contributed by atoms with Gasteiger partial charge in [0.05, 0.1) is 18.4 Å². The Kier molecular flexibility index (Phi) is 4.34. The topological polar surface area (TPSA) is 76.8 Å². The number of hydrogen-bond acceptors (Lipinski definition) is 5. The Hall–Kier alpha value is -2.94. The van der Waals surface area contributed by atoms with Crippen molar-refractivity contribution in [2.75, 3.05) is 18.6 Å². The number of nitrogens with zero attached hydrogens (tertiary/aromatic N) is 1. The van der Waals surface area contributed by atoms with Crippen LogP contribution in [0.4, 0.5) is 18.9 Å². The van der Waals surface area contributed by atoms with Gasteiger partial charge in [0.25, 0.3) is 5.91 Å². The largest absolute Gasteiger partial charge is 0.573 e. The second-order valence-corrected chi connectivity index (χ2v) is 6.69. The minimum Gasteiger partial charge on any atom is -0.497 e. The molecule has 0 unspecified atom stereocenters. The van der Waals surface area contributed by atoms with Gasteiger partial charge in [-0.05, 0) is 41.8 Å². The molecular formula is C19H18F3N3O3. The van der Waals surface area contributed by atoms with Crippen molar-refractivity contribution in [3.8, 4) is 11.5 Å². The summed E-state index contributed by atoms with van der Waals surface area (Å²) in [5, 5.41) is 2.86. The third-order valence-corrected chi connectivity index (χ3v) is 4.97. The van der Waals surface area contributed by atoms with Crippen molar-refractivity contribution in [2.24, 2.45) is 5.73 Å². The van der Waals surface area contributed by atoms with Gasteiger partial charge in [-0.25, -0.2) is 0 Å². The molecule has 0 radical (unpaired) electrons. The van der Waals surface area contributed by atoms with E-state index in [1.807, 2.05) is 17.0 Å². The maximum Gasteiger partial charge on any atom is 0.573 e. The molecule has 0 aliphatic carbocycles. The first-order chi connectivity index (χ1) is 13.3. The van der Waals surface area contributed by atoms with E-state index in [0.29, 0.717) is 30.0 Å². The third-order valence-electron chi connectivity index (χ3n) is 4.97. The number of nitrogens with one attached hydrogen (secondary N) is 1. The van der Waals surface area contributed by atoms with Crippen LogP contribution in [-0.2, 0) is 0 Å². The average Bonchev–Trinajstić information content (AvgIpc) is 2.65. The highest BCUT2D eigenvalue weighted by molar-refractivity contribution is 6.03. The van der Waals surface area contributed by atoms with Gasteiger partial charge in [0.1, 0.15) is 17.7 Å². The Balaban J connectivity index is 1.78. The maximum atomic E-state index is 12.7. The molecule has 0 saturated heterocycles. The third kappa shape index (κ3) is 3.22. The molecule has 2 aromatic carbocycles. The van der Waals surface area contributed by atoms with E-state index in [1.54, 1.807) is 19.2 Å². The fraction of sp³-hybridized carbons (Fsp3) is 0.316. The van der Waals surface area contributed by atoms with Crippen molar-refractivity contribution >= 4 is 11.6 Å². The summed E-state index contributed by atoms with van der Waals surface area (Å²) in [5.74, 6) is -0.242. The molecule has 148 valence electrons. The number of alkyl halides is 3. The highest BCUT2D eigenvalue weighted by Gasteiger charge is 2.39. The maximum absolute atomic E-state index is 12.7. The van der Waals surface area contributed by atoms with Crippen LogP contribution in [0, 0.1) is 0 Å². The Bertz CT molecular complexity index is 915. The summed E-state index contributed by atoms with van der Waals surface area (Å²) in [5.41, 5.74) is 8.12. The van der Waals surface area contributed by atoms with Gasteiger partial charge in [-0.1, -0.05) is 12.1 Å². The van der Waals surface area contributed by atoms with E-state index in [2.05, 4.69) is 10.1 Å². The number of ether oxygens (including phenoxy) is 2. The van der Waals surface area contributed by atoms with Gasteiger partial charge in [-0.3, -0.25) is 4.79 Å². The van der Waals surface area contributed by atoms with E-state index >= 15 is 0 Å². The molecule has 1 amide bonds. The molecule has 0 saturated carbocycles. The number of halogens is 3. The molecule has 4 rings (SSSR count). The van der Waals surface area contributed by atoms with Gasteiger partial charge in [0.2, 0.25) is 0 Å². The number of methoxy groups -OCH3 is 1. The summed E-state index contributed by atoms with van der Waals surface area (Å²) in [7, 11) is 1.56. The number of anilines is 1. The smallest absolute Gasteiger partial charge is 0.497 e. The van der Waals surface area contributed by atoms with Crippen molar-refractivity contribution in [3.63, 3.8) is 0 Å². The van der Waals surface area contributed by atoms with Crippen molar-refractivity contribution in [1.82, 2.24) is 5.32 Å². The summed E-state index contributed by atoms with van der Waals surface area (Å²) >= 11 is 0. The normalized spacial score (nSPS) is 21.0. The zero-order chi connectivity index (χ0) is 20.1. The van der Waals surface area contributed by atoms with Gasteiger partial charge in [0.15, 0.2) is 0 Å². The van der Waals surface area contributed by atoms with E-state index < -0.39 is 30.2 Å². The summed E-state index contributed by atoms with van der Waals surface area (Å²) in [4.78, 5) is 14.7. The molecule has 2 atom stereocenters. The molecule has 2 heterocycles. The summed E-state index contributed by atoms with van der Waals surface area (Å²) in [6.45, 7) is 0.553. The molecule has 2 aliphatic heterocycles. The molecule has 3 N–H and O–H groups in total. The molecule has 0 spiro atoms. The molecule has 0 bridgehead atoms. The number of hydrogen-bond donors (Lipinski definition) is 2. The number of carbonyl (C=O) groups excluding carboxylic acids is 1. The summed E-state index contributed by atoms with van der Waals surface area (Å²) in [6.07, 6.45) is -4.77. The first-order valence-electron chi connectivity index (χ1n) is 8.67. The lowest BCUT2D eigenvalue weighted by Crippen LogP contribution is -2.49. The van der Waals surface area contributed by atoms with Crippen molar-refractivity contribution < 1.29 is 27.4 Å². The number of carbonyl (C=O) groups is 1. The number of rotatable bonds is 3. The molecule has 0 fully saturated rings. The van der Waals surface area contributed by atoms with Crippen molar-refractivity contribution in [3.05, 3.63) is 53.1 Å². The van der Waals surface area contributed by atoms with Crippen molar-refractivity contribution in [2.45, 2.75) is 25.0 Å². The van der Waals surface area contributed by atoms with Gasteiger partial charge in [-0.2, -0.15) is 0 Å². The Morgan fingerprint density at radius 3 is 2.54 bits per heavy atom. The van der Waals surface area contributed by atoms with E-state index in [9.17, 15) is 18.0 Å². The van der Waals surface area contributed by atoms with E-state index in [-0.39, 0.29) is 5.56 Å². The van der Waals surface area contributed by atoms with Gasteiger partial charge in [0, 0.05) is 12.6 Å². The molecule has 6 nitrogen and oxygen atoms in total. The van der Waals surface area contributed by atoms with Crippen LogP contribution in [0.3, 0.4) is 0 Å². The zero-order valence-corrected chi connectivity index (χ0v) is 14.9. The number of benzene rings is 2. The fourth-order valence-corrected chi connectivity index (χ4v) is 3.73. The molecule has 9 heteroatoms. The highest BCUT2D eigenvalue weighted by Crippen LogP contribution is 2.44. The predicted molar refractivity (Wildman–Crippen MR) is 95.2 cm³/mol. The van der Waals surface area contributed by atoms with E-state index in [1.165, 1.54) is 6.07 Å². The number of nitrogens with two attached hydrogens (primary N) is 1. The first kappa shape index (κ1) is 18.4. The minimum absolute atomic E-state index is 0.122. The van der Waals surface area contributed by atoms with Crippen LogP contribution in [0.2, 0.25) is 0 Å². The van der Waals surface area contributed by atoms with Crippen LogP contribution in [0.1, 0.15) is 40.1 Å². The first-order valence-corrected chi connectivity index (χ1v) is 8.67. The number of amides is 1. The molecule has 2 aromatic rings. The quantitative estimate of drug-likeness (QED) is 0.837. The van der Waals surface area contributed by atoms with Crippen LogP contribution in [0.5, 0.6) is 11.5 Å². The SMILES string of the molecule is COc1ccc([C@H]2NC(=O)c3cc(OC(F)(F)F)cc4c3N2CC[C@@H]4N)cc1. The zero-order valence-electron chi connectivity index (χ0n) is 14.9. The van der Waals surface area contributed by atoms with Gasteiger partial charge < -0.3 is 25.4 Å². The lowest BCUT2D eigenvalue weighted by molar-refractivity contribution is -0.274. The predicted octanol–water partition coefficient (Wildman–Crippen LogP) is 3.25. The van der Waals surface area contributed by atoms with Crippen LogP contribution < -0.4 is 25.4 Å². The van der Waals surface area contributed by atoms with Gasteiger partial charge >= 0.3 is 6.36 Å². The van der Waals surface area contributed by atoms with Crippen LogP contribution in [-0.4, -0.2) is 25.9 Å². The molecular weight excluding hydrogens is 375 g/mol. The van der Waals surface area contributed by atoms with Crippen LogP contribution in [0.15, 0.2) is 36.4 Å². The lowest BCUT2D eigenvalue weighted by atomic mass is 9.90. The van der Waals surface area contributed by atoms with Crippen LogP contribution in [0.25, 0.3) is 0 Å². The van der Waals surface area contributed by atoms with Gasteiger partial charge in [-0.15, -0.1) is 13.2 Å². The second-order valence-electron chi connectivity index (χ2n) is 6.69. The second kappa shape index (κ2) is 6.59. The summed E-state index contributed by atoms with van der Waals surface area (Å²) < 4.78 is 47.2. The summed E-state index contributed by atoms with van der Waals surface area (Å²) in [6, 6.07) is 9.14. The molecule has 0 aromatic heterocycles.